The van der Waals surface area contributed by atoms with Crippen LogP contribution in [0.2, 0.25) is 0 Å². The third kappa shape index (κ3) is 4.65. The summed E-state index contributed by atoms with van der Waals surface area (Å²) in [5.74, 6) is 1.41. The largest absolute Gasteiger partial charge is 0.441 e. The Kier molecular flexibility index (Phi) is 5.90. The lowest BCUT2D eigenvalue weighted by atomic mass is 10.1. The van der Waals surface area contributed by atoms with E-state index in [1.165, 1.54) is 12.8 Å². The second-order valence-corrected chi connectivity index (χ2v) is 8.81. The fourth-order valence-electron chi connectivity index (χ4n) is 3.57. The third-order valence-corrected chi connectivity index (χ3v) is 6.58. The number of amides is 1. The van der Waals surface area contributed by atoms with Crippen molar-refractivity contribution in [3.63, 3.8) is 0 Å². The van der Waals surface area contributed by atoms with E-state index in [1.54, 1.807) is 12.1 Å². The monoisotopic (exact) mass is 408 g/mol. The Balaban J connectivity index is 1.45. The number of hydrogen-bond donors (Lipinski definition) is 1. The summed E-state index contributed by atoms with van der Waals surface area (Å²) in [6.45, 7) is 1.83. The van der Waals surface area contributed by atoms with Gasteiger partial charge in [0.05, 0.1) is 22.2 Å². The molecule has 0 radical (unpaired) electrons. The lowest BCUT2D eigenvalue weighted by Gasteiger charge is -2.11. The molecular weight excluding hydrogens is 384 g/mol. The molecule has 3 aromatic rings. The van der Waals surface area contributed by atoms with Gasteiger partial charge < -0.3 is 9.73 Å². The molecule has 1 heterocycles. The van der Waals surface area contributed by atoms with Crippen molar-refractivity contribution < 1.29 is 13.4 Å². The first-order valence-corrected chi connectivity index (χ1v) is 11.2. The Labute approximate surface area is 173 Å². The highest BCUT2D eigenvalue weighted by atomic mass is 32.2. The van der Waals surface area contributed by atoms with E-state index in [0.717, 1.165) is 23.3 Å². The first-order valence-electron chi connectivity index (χ1n) is 9.91. The van der Waals surface area contributed by atoms with Crippen LogP contribution in [0.25, 0.3) is 11.5 Å². The van der Waals surface area contributed by atoms with E-state index in [4.69, 9.17) is 4.42 Å². The van der Waals surface area contributed by atoms with Gasteiger partial charge in [-0.15, -0.1) is 0 Å². The number of nitrogens with zero attached hydrogens (tertiary/aromatic N) is 1. The van der Waals surface area contributed by atoms with Crippen molar-refractivity contribution in [3.05, 3.63) is 71.6 Å². The van der Waals surface area contributed by atoms with Crippen molar-refractivity contribution in [2.45, 2.75) is 49.3 Å². The van der Waals surface area contributed by atoms with Crippen LogP contribution in [0.5, 0.6) is 0 Å². The molecule has 1 aromatic heterocycles. The van der Waals surface area contributed by atoms with Crippen molar-refractivity contribution in [1.82, 2.24) is 10.3 Å². The zero-order chi connectivity index (χ0) is 20.2. The van der Waals surface area contributed by atoms with Gasteiger partial charge in [-0.05, 0) is 56.2 Å². The summed E-state index contributed by atoms with van der Waals surface area (Å²) in [5, 5.41) is 3.09. The molecule has 29 heavy (non-hydrogen) atoms. The molecule has 1 aliphatic carbocycles. The number of nitrogens with one attached hydrogen (secondary N) is 1. The first kappa shape index (κ1) is 19.6. The van der Waals surface area contributed by atoms with Gasteiger partial charge in [-0.1, -0.05) is 31.0 Å². The molecule has 150 valence electrons. The molecule has 6 heteroatoms. The van der Waals surface area contributed by atoms with Crippen molar-refractivity contribution in [2.24, 2.45) is 0 Å². The number of rotatable bonds is 6. The Bertz CT molecular complexity index is 1010. The zero-order valence-corrected chi connectivity index (χ0v) is 17.2. The van der Waals surface area contributed by atoms with E-state index >= 15 is 0 Å². The molecule has 1 aliphatic rings. The number of carbonyl (C=O) groups excluding carboxylic acids is 1. The Morgan fingerprint density at radius 1 is 1.10 bits per heavy atom. The lowest BCUT2D eigenvalue weighted by Crippen LogP contribution is -2.32. The minimum Gasteiger partial charge on any atom is -0.441 e. The number of carbonyl (C=O) groups is 1. The SMILES string of the molecule is Cc1oc(-c2ccc(C(=O)NC3CCCC3)cc2)nc1C[S@](=O)c1ccccc1. The number of hydrogen-bond acceptors (Lipinski definition) is 4. The minimum atomic E-state index is -1.18. The van der Waals surface area contributed by atoms with E-state index in [1.807, 2.05) is 49.4 Å². The number of benzene rings is 2. The van der Waals surface area contributed by atoms with Gasteiger partial charge in [-0.3, -0.25) is 9.00 Å². The van der Waals surface area contributed by atoms with Crippen LogP contribution < -0.4 is 5.32 Å². The summed E-state index contributed by atoms with van der Waals surface area (Å²) in [6, 6.07) is 16.9. The van der Waals surface area contributed by atoms with Crippen LogP contribution in [0.1, 0.15) is 47.5 Å². The van der Waals surface area contributed by atoms with E-state index in [0.29, 0.717) is 34.7 Å². The van der Waals surface area contributed by atoms with Gasteiger partial charge in [0, 0.05) is 22.1 Å². The highest BCUT2D eigenvalue weighted by molar-refractivity contribution is 7.84. The fraction of sp³-hybridized carbons (Fsp3) is 0.304. The Morgan fingerprint density at radius 2 is 1.79 bits per heavy atom. The van der Waals surface area contributed by atoms with E-state index in [9.17, 15) is 9.00 Å². The molecule has 0 aliphatic heterocycles. The standard InChI is InChI=1S/C23H24N2O3S/c1-16-21(15-29(27)20-9-3-2-4-10-20)25-23(28-16)18-13-11-17(12-14-18)22(26)24-19-7-5-6-8-19/h2-4,9-14,19H,5-8,15H2,1H3,(H,24,26)/t29-/m0/s1. The summed E-state index contributed by atoms with van der Waals surface area (Å²) in [4.78, 5) is 17.7. The average Bonchev–Trinajstić information content (AvgIpc) is 3.39. The topological polar surface area (TPSA) is 72.2 Å². The molecular formula is C23H24N2O3S. The first-order chi connectivity index (χ1) is 14.1. The van der Waals surface area contributed by atoms with E-state index in [2.05, 4.69) is 10.3 Å². The predicted octanol–water partition coefficient (Wildman–Crippen LogP) is 4.63. The second kappa shape index (κ2) is 8.74. The van der Waals surface area contributed by atoms with Crippen LogP contribution >= 0.6 is 0 Å². The van der Waals surface area contributed by atoms with Crippen LogP contribution in [-0.4, -0.2) is 21.1 Å². The highest BCUT2D eigenvalue weighted by Crippen LogP contribution is 2.24. The maximum Gasteiger partial charge on any atom is 0.251 e. The molecule has 4 rings (SSSR count). The summed E-state index contributed by atoms with van der Waals surface area (Å²) >= 11 is 0. The quantitative estimate of drug-likeness (QED) is 0.645. The number of oxazole rings is 1. The summed E-state index contributed by atoms with van der Waals surface area (Å²) in [5.41, 5.74) is 2.11. The molecule has 5 nitrogen and oxygen atoms in total. The van der Waals surface area contributed by atoms with Gasteiger partial charge in [0.25, 0.3) is 5.91 Å². The zero-order valence-electron chi connectivity index (χ0n) is 16.4. The van der Waals surface area contributed by atoms with Gasteiger partial charge in [-0.2, -0.15) is 0 Å². The molecule has 1 amide bonds. The van der Waals surface area contributed by atoms with Gasteiger partial charge >= 0.3 is 0 Å². The third-order valence-electron chi connectivity index (χ3n) is 5.25. The van der Waals surface area contributed by atoms with Crippen LogP contribution in [0, 0.1) is 6.92 Å². The molecule has 1 N–H and O–H groups in total. The number of aromatic nitrogens is 1. The smallest absolute Gasteiger partial charge is 0.251 e. The maximum atomic E-state index is 12.6. The van der Waals surface area contributed by atoms with Crippen molar-refractivity contribution in [1.29, 1.82) is 0 Å². The van der Waals surface area contributed by atoms with Gasteiger partial charge in [0.1, 0.15) is 5.76 Å². The number of aryl methyl sites for hydroxylation is 1. The van der Waals surface area contributed by atoms with Crippen LogP contribution in [0.4, 0.5) is 0 Å². The van der Waals surface area contributed by atoms with Crippen molar-refractivity contribution in [2.75, 3.05) is 0 Å². The minimum absolute atomic E-state index is 0.0361. The molecule has 0 spiro atoms. The molecule has 2 aromatic carbocycles. The molecule has 0 saturated heterocycles. The Hall–Kier alpha value is -2.73. The maximum absolute atomic E-state index is 12.6. The molecule has 1 fully saturated rings. The molecule has 0 bridgehead atoms. The average molecular weight is 409 g/mol. The van der Waals surface area contributed by atoms with E-state index in [-0.39, 0.29) is 5.91 Å². The van der Waals surface area contributed by atoms with Crippen LogP contribution in [-0.2, 0) is 16.6 Å². The molecule has 1 saturated carbocycles. The second-order valence-electron chi connectivity index (χ2n) is 7.36. The summed E-state index contributed by atoms with van der Waals surface area (Å²) in [7, 11) is -1.18. The lowest BCUT2D eigenvalue weighted by molar-refractivity contribution is 0.0938. The van der Waals surface area contributed by atoms with Gasteiger partial charge in [0.2, 0.25) is 5.89 Å². The van der Waals surface area contributed by atoms with Gasteiger partial charge in [0.15, 0.2) is 0 Å². The van der Waals surface area contributed by atoms with Gasteiger partial charge in [-0.25, -0.2) is 4.98 Å². The van der Waals surface area contributed by atoms with Crippen molar-refractivity contribution >= 4 is 16.7 Å². The summed E-state index contributed by atoms with van der Waals surface area (Å²) < 4.78 is 18.4. The fourth-order valence-corrected chi connectivity index (χ4v) is 4.71. The Morgan fingerprint density at radius 3 is 2.48 bits per heavy atom. The highest BCUT2D eigenvalue weighted by Gasteiger charge is 2.19. The normalized spacial score (nSPS) is 15.3. The molecule has 0 unspecified atom stereocenters. The van der Waals surface area contributed by atoms with Crippen LogP contribution in [0.15, 0.2) is 63.9 Å². The summed E-state index contributed by atoms with van der Waals surface area (Å²) in [6.07, 6.45) is 4.49. The molecule has 1 atom stereocenters. The van der Waals surface area contributed by atoms with Crippen molar-refractivity contribution in [3.8, 4) is 11.5 Å². The van der Waals surface area contributed by atoms with Crippen LogP contribution in [0.3, 0.4) is 0 Å². The predicted molar refractivity (Wildman–Crippen MR) is 113 cm³/mol. The van der Waals surface area contributed by atoms with E-state index < -0.39 is 10.8 Å².